The van der Waals surface area contributed by atoms with Gasteiger partial charge in [0.2, 0.25) is 11.8 Å². The molecule has 73 heavy (non-hydrogen) atoms. The zero-order valence-corrected chi connectivity index (χ0v) is 41.8. The van der Waals surface area contributed by atoms with Gasteiger partial charge in [-0.3, -0.25) is 9.59 Å². The molecule has 2 bridgehead atoms. The minimum absolute atomic E-state index is 0.142. The van der Waals surface area contributed by atoms with Gasteiger partial charge in [0, 0.05) is 13.1 Å². The Labute approximate surface area is 425 Å². The van der Waals surface area contributed by atoms with Gasteiger partial charge in [0.05, 0.1) is 35.0 Å². The average Bonchev–Trinajstić information content (AvgIpc) is 4.27. The number of carbonyl (C=O) groups excluding carboxylic acids is 4. The molecule has 3 fully saturated rings. The molecular formula is C59H62N8O6. The molecule has 0 spiro atoms. The molecule has 2 aromatic heterocycles. The number of likely N-dealkylation sites (tertiary alicyclic amines) is 2. The maximum atomic E-state index is 14.1. The minimum Gasteiger partial charge on any atom is -0.410 e. The summed E-state index contributed by atoms with van der Waals surface area (Å²) in [6.07, 6.45) is 7.30. The summed E-state index contributed by atoms with van der Waals surface area (Å²) in [4.78, 5) is 74.7. The van der Waals surface area contributed by atoms with E-state index in [-0.39, 0.29) is 35.7 Å². The number of hydrogen-bond acceptors (Lipinski definition) is 8. The lowest BCUT2D eigenvalue weighted by atomic mass is 9.81. The van der Waals surface area contributed by atoms with Gasteiger partial charge in [0.1, 0.15) is 35.2 Å². The SMILES string of the molecule is CC(C)[C@H](NC(=O)Oc1ccccc1)C(=O)N1CCCC1c1ncc(-c2ccc(-c3ccc(-c4ccc5nc([C@@H]6CCCN6C(=O)[C@@H](NC(=O)Oc6ccccc6)C(C)C)[nH]c5c4)c4c3C3CCC4C3)cc2)[nH]1. The Morgan fingerprint density at radius 3 is 1.64 bits per heavy atom. The van der Waals surface area contributed by atoms with E-state index in [1.165, 1.54) is 47.1 Å². The fourth-order valence-corrected chi connectivity index (χ4v) is 11.9. The Bertz CT molecular complexity index is 3170. The topological polar surface area (TPSA) is 175 Å². The Balaban J connectivity index is 0.792. The van der Waals surface area contributed by atoms with Crippen LogP contribution in [0.1, 0.15) is 119 Å². The van der Waals surface area contributed by atoms with Gasteiger partial charge in [0.25, 0.3) is 0 Å². The summed E-state index contributed by atoms with van der Waals surface area (Å²) in [5.74, 6) is 2.74. The molecule has 2 aliphatic heterocycles. The van der Waals surface area contributed by atoms with Gasteiger partial charge in [-0.05, 0) is 144 Å². The highest BCUT2D eigenvalue weighted by Gasteiger charge is 2.42. The van der Waals surface area contributed by atoms with Crippen molar-refractivity contribution in [1.29, 1.82) is 0 Å². The van der Waals surface area contributed by atoms with Crippen LogP contribution in [0.5, 0.6) is 11.5 Å². The van der Waals surface area contributed by atoms with Gasteiger partial charge in [-0.1, -0.05) is 107 Å². The smallest absolute Gasteiger partial charge is 0.410 e. The number of amides is 4. The number of nitrogens with zero attached hydrogens (tertiary/aromatic N) is 4. The molecule has 14 heteroatoms. The Kier molecular flexibility index (Phi) is 13.1. The van der Waals surface area contributed by atoms with Crippen molar-refractivity contribution in [2.24, 2.45) is 11.8 Å². The number of aromatic nitrogens is 4. The quantitative estimate of drug-likeness (QED) is 0.0883. The zero-order valence-electron chi connectivity index (χ0n) is 41.8. The van der Waals surface area contributed by atoms with Crippen molar-refractivity contribution in [3.8, 4) is 45.0 Å². The lowest BCUT2D eigenvalue weighted by molar-refractivity contribution is -0.136. The number of fused-ring (bicyclic) bond motifs is 6. The molecule has 2 saturated heterocycles. The average molecular weight is 979 g/mol. The third-order valence-electron chi connectivity index (χ3n) is 15.5. The first-order chi connectivity index (χ1) is 35.5. The maximum absolute atomic E-state index is 14.1. The van der Waals surface area contributed by atoms with Crippen molar-refractivity contribution in [2.45, 2.75) is 109 Å². The van der Waals surface area contributed by atoms with Gasteiger partial charge in [0.15, 0.2) is 0 Å². The summed E-state index contributed by atoms with van der Waals surface area (Å²) in [5, 5.41) is 5.66. The molecule has 3 unspecified atom stereocenters. The number of nitrogens with one attached hydrogen (secondary N) is 4. The van der Waals surface area contributed by atoms with Gasteiger partial charge < -0.3 is 39.9 Å². The normalized spacial score (nSPS) is 19.9. The second-order valence-electron chi connectivity index (χ2n) is 20.8. The molecule has 5 aromatic carbocycles. The van der Waals surface area contributed by atoms with E-state index in [1.54, 1.807) is 48.5 Å². The molecule has 11 rings (SSSR count). The van der Waals surface area contributed by atoms with E-state index >= 15 is 0 Å². The fraction of sp³-hybridized carbons (Fsp3) is 0.356. The number of imidazole rings is 2. The van der Waals surface area contributed by atoms with E-state index in [9.17, 15) is 19.2 Å². The lowest BCUT2D eigenvalue weighted by Crippen LogP contribution is -2.51. The van der Waals surface area contributed by atoms with Crippen LogP contribution in [-0.4, -0.2) is 78.9 Å². The maximum Gasteiger partial charge on any atom is 0.413 e. The molecule has 4 N–H and O–H groups in total. The second kappa shape index (κ2) is 20.0. The van der Waals surface area contributed by atoms with Gasteiger partial charge in [-0.2, -0.15) is 0 Å². The third-order valence-corrected chi connectivity index (χ3v) is 15.5. The van der Waals surface area contributed by atoms with Crippen molar-refractivity contribution in [3.63, 3.8) is 0 Å². The monoisotopic (exact) mass is 978 g/mol. The number of para-hydroxylation sites is 2. The molecular weight excluding hydrogens is 917 g/mol. The molecule has 374 valence electrons. The fourth-order valence-electron chi connectivity index (χ4n) is 11.9. The Hall–Kier alpha value is -7.74. The molecule has 6 atom stereocenters. The molecule has 2 aliphatic carbocycles. The predicted octanol–water partition coefficient (Wildman–Crippen LogP) is 11.6. The molecule has 4 heterocycles. The van der Waals surface area contributed by atoms with Crippen LogP contribution in [0.2, 0.25) is 0 Å². The first-order valence-electron chi connectivity index (χ1n) is 26.0. The van der Waals surface area contributed by atoms with E-state index in [1.807, 2.05) is 55.8 Å². The number of aromatic amines is 2. The van der Waals surface area contributed by atoms with Crippen LogP contribution >= 0.6 is 0 Å². The second-order valence-corrected chi connectivity index (χ2v) is 20.8. The van der Waals surface area contributed by atoms with E-state index in [0.29, 0.717) is 36.4 Å². The lowest BCUT2D eigenvalue weighted by Gasteiger charge is -2.30. The summed E-state index contributed by atoms with van der Waals surface area (Å²) in [6, 6.07) is 35.5. The Morgan fingerprint density at radius 2 is 1.10 bits per heavy atom. The van der Waals surface area contributed by atoms with E-state index in [2.05, 4.69) is 75.2 Å². The van der Waals surface area contributed by atoms with Gasteiger partial charge in [-0.15, -0.1) is 0 Å². The number of hydrogen-bond donors (Lipinski definition) is 4. The molecule has 7 aromatic rings. The highest BCUT2D eigenvalue weighted by Crippen LogP contribution is 2.58. The van der Waals surface area contributed by atoms with Crippen LogP contribution in [-0.2, 0) is 9.59 Å². The van der Waals surface area contributed by atoms with Crippen molar-refractivity contribution in [1.82, 2.24) is 40.4 Å². The molecule has 14 nitrogen and oxygen atoms in total. The molecule has 4 amide bonds. The first-order valence-corrected chi connectivity index (χ1v) is 26.0. The summed E-state index contributed by atoms with van der Waals surface area (Å²) in [7, 11) is 0. The largest absolute Gasteiger partial charge is 0.413 e. The number of benzene rings is 5. The van der Waals surface area contributed by atoms with Gasteiger partial charge >= 0.3 is 12.2 Å². The minimum atomic E-state index is -0.751. The van der Waals surface area contributed by atoms with Crippen LogP contribution in [0.15, 0.2) is 121 Å². The van der Waals surface area contributed by atoms with E-state index < -0.39 is 24.3 Å². The molecule has 1 saturated carbocycles. The highest BCUT2D eigenvalue weighted by molar-refractivity contribution is 5.89. The predicted molar refractivity (Wildman–Crippen MR) is 280 cm³/mol. The van der Waals surface area contributed by atoms with Crippen molar-refractivity contribution in [2.75, 3.05) is 13.1 Å². The van der Waals surface area contributed by atoms with Crippen LogP contribution in [0, 0.1) is 11.8 Å². The number of ether oxygens (including phenoxy) is 2. The first kappa shape index (κ1) is 47.6. The van der Waals surface area contributed by atoms with Crippen LogP contribution in [0.3, 0.4) is 0 Å². The number of H-pyrrole nitrogens is 2. The van der Waals surface area contributed by atoms with Gasteiger partial charge in [-0.25, -0.2) is 19.6 Å². The van der Waals surface area contributed by atoms with E-state index in [4.69, 9.17) is 19.4 Å². The standard InChI is InChI=1S/C59H62N8O6/c1-34(2)52(64-58(70)72-41-13-7-5-8-14-41)56(68)66-29-11-17-48(66)54-60-33-47(63-54)37-21-19-36(20-22-37)43-26-27-44(51-40-24-23-39(31-40)50(43)51)38-25-28-45-46(32-38)62-55(61-45)49-18-12-30-67(49)57(69)53(35(3)4)65-59(71)73-42-15-9-6-10-16-42/h5-10,13-16,19-22,25-28,32-35,39-40,48-49,52-53H,11-12,17-18,23-24,29-31H2,1-4H3,(H,60,63)(H,61,62)(H,64,70)(H,65,71)/t39?,40?,48?,49-,52-,53-/m0/s1. The van der Waals surface area contributed by atoms with Crippen molar-refractivity contribution in [3.05, 3.63) is 144 Å². The number of rotatable bonds is 13. The van der Waals surface area contributed by atoms with Crippen molar-refractivity contribution < 1.29 is 28.7 Å². The summed E-state index contributed by atoms with van der Waals surface area (Å²) >= 11 is 0. The van der Waals surface area contributed by atoms with Crippen molar-refractivity contribution >= 4 is 35.0 Å². The highest BCUT2D eigenvalue weighted by atomic mass is 16.6. The molecule has 4 aliphatic rings. The zero-order chi connectivity index (χ0) is 50.3. The third kappa shape index (κ3) is 9.46. The van der Waals surface area contributed by atoms with Crippen LogP contribution < -0.4 is 20.1 Å². The Morgan fingerprint density at radius 1 is 0.589 bits per heavy atom. The van der Waals surface area contributed by atoms with Crippen LogP contribution in [0.25, 0.3) is 44.5 Å². The van der Waals surface area contributed by atoms with E-state index in [0.717, 1.165) is 65.2 Å². The molecule has 0 radical (unpaired) electrons. The number of carbonyl (C=O) groups is 4. The van der Waals surface area contributed by atoms with Crippen LogP contribution in [0.4, 0.5) is 9.59 Å². The summed E-state index contributed by atoms with van der Waals surface area (Å²) in [5.41, 5.74) is 11.5. The summed E-state index contributed by atoms with van der Waals surface area (Å²) in [6.45, 7) is 8.86. The summed E-state index contributed by atoms with van der Waals surface area (Å²) < 4.78 is 11.0.